The molecule has 0 atom stereocenters. The second-order valence-electron chi connectivity index (χ2n) is 5.46. The molecule has 0 unspecified atom stereocenters. The monoisotopic (exact) mass is 233 g/mol. The molecular weight excluding hydrogens is 212 g/mol. The first-order valence-electron chi connectivity index (χ1n) is 6.68. The van der Waals surface area contributed by atoms with Crippen LogP contribution in [0.4, 0.5) is 5.82 Å². The largest absolute Gasteiger partial charge is 0.344 e. The van der Waals surface area contributed by atoms with Crippen molar-refractivity contribution in [1.29, 1.82) is 0 Å². The molecule has 0 amide bonds. The second-order valence-corrected chi connectivity index (χ2v) is 5.46. The van der Waals surface area contributed by atoms with Crippen molar-refractivity contribution in [2.45, 2.75) is 19.8 Å². The Hall–Kier alpha value is -1.16. The number of anilines is 1. The molecule has 92 valence electrons. The molecule has 0 saturated carbocycles. The highest BCUT2D eigenvalue weighted by molar-refractivity contribution is 5.37. The van der Waals surface area contributed by atoms with Gasteiger partial charge in [0.1, 0.15) is 0 Å². The standard InChI is InChI=1S/C13H21N4/c1-12-4-5-13(15-14-12)16-6-10-17(11-7-16)8-2-3-9-17/h4-5H,2-3,6-11H2,1H3/q+1. The first kappa shape index (κ1) is 11.0. The van der Waals surface area contributed by atoms with Crippen molar-refractivity contribution < 1.29 is 4.48 Å². The highest BCUT2D eigenvalue weighted by atomic mass is 15.4. The molecule has 3 rings (SSSR count). The van der Waals surface area contributed by atoms with E-state index in [0.717, 1.165) is 24.6 Å². The number of hydrogen-bond acceptors (Lipinski definition) is 3. The Morgan fingerprint density at radius 2 is 1.71 bits per heavy atom. The highest BCUT2D eigenvalue weighted by Crippen LogP contribution is 2.23. The van der Waals surface area contributed by atoms with Crippen molar-refractivity contribution in [1.82, 2.24) is 10.2 Å². The third kappa shape index (κ3) is 2.14. The van der Waals surface area contributed by atoms with Gasteiger partial charge in [-0.05, 0) is 19.1 Å². The molecule has 0 bridgehead atoms. The minimum Gasteiger partial charge on any atom is -0.344 e. The molecule has 2 saturated heterocycles. The van der Waals surface area contributed by atoms with Gasteiger partial charge in [0.15, 0.2) is 5.82 Å². The maximum absolute atomic E-state index is 4.29. The number of piperazine rings is 1. The molecule has 1 aromatic heterocycles. The summed E-state index contributed by atoms with van der Waals surface area (Å²) in [5.74, 6) is 1.05. The molecule has 0 aliphatic carbocycles. The summed E-state index contributed by atoms with van der Waals surface area (Å²) in [6.45, 7) is 9.62. The van der Waals surface area contributed by atoms with E-state index in [4.69, 9.17) is 0 Å². The van der Waals surface area contributed by atoms with Crippen molar-refractivity contribution >= 4 is 5.82 Å². The van der Waals surface area contributed by atoms with Gasteiger partial charge in [-0.25, -0.2) is 0 Å². The minimum absolute atomic E-state index is 0.994. The number of quaternary nitrogens is 1. The summed E-state index contributed by atoms with van der Waals surface area (Å²) in [4.78, 5) is 2.38. The van der Waals surface area contributed by atoms with E-state index in [9.17, 15) is 0 Å². The van der Waals surface area contributed by atoms with Crippen LogP contribution in [0.15, 0.2) is 12.1 Å². The van der Waals surface area contributed by atoms with Gasteiger partial charge in [-0.2, -0.15) is 5.10 Å². The van der Waals surface area contributed by atoms with Crippen LogP contribution in [0.25, 0.3) is 0 Å². The van der Waals surface area contributed by atoms with Crippen LogP contribution < -0.4 is 4.90 Å². The first-order valence-corrected chi connectivity index (χ1v) is 6.68. The lowest BCUT2D eigenvalue weighted by atomic mass is 10.2. The molecule has 3 heterocycles. The van der Waals surface area contributed by atoms with E-state index in [-0.39, 0.29) is 0 Å². The minimum atomic E-state index is 0.994. The van der Waals surface area contributed by atoms with E-state index in [0.29, 0.717) is 0 Å². The second kappa shape index (κ2) is 4.26. The summed E-state index contributed by atoms with van der Waals surface area (Å²) in [5.41, 5.74) is 0.994. The van der Waals surface area contributed by atoms with Crippen LogP contribution in [0.3, 0.4) is 0 Å². The molecular formula is C13H21N4+. The predicted octanol–water partition coefficient (Wildman–Crippen LogP) is 1.22. The summed E-state index contributed by atoms with van der Waals surface area (Å²) in [6, 6.07) is 4.15. The van der Waals surface area contributed by atoms with Crippen molar-refractivity contribution in [3.05, 3.63) is 17.8 Å². The number of aromatic nitrogens is 2. The summed E-state index contributed by atoms with van der Waals surface area (Å²) in [6.07, 6.45) is 2.84. The average molecular weight is 233 g/mol. The lowest BCUT2D eigenvalue weighted by molar-refractivity contribution is -0.917. The van der Waals surface area contributed by atoms with Gasteiger partial charge in [-0.15, -0.1) is 5.10 Å². The third-order valence-electron chi connectivity index (χ3n) is 4.31. The Kier molecular flexibility index (Phi) is 2.74. The fraction of sp³-hybridized carbons (Fsp3) is 0.692. The Bertz CT molecular complexity index is 371. The van der Waals surface area contributed by atoms with Gasteiger partial charge >= 0.3 is 0 Å². The van der Waals surface area contributed by atoms with Crippen molar-refractivity contribution in [2.75, 3.05) is 44.2 Å². The number of aryl methyl sites for hydroxylation is 1. The van der Waals surface area contributed by atoms with Crippen LogP contribution >= 0.6 is 0 Å². The summed E-state index contributed by atoms with van der Waals surface area (Å²) >= 11 is 0. The molecule has 1 spiro atoms. The molecule has 4 heteroatoms. The molecule has 0 aromatic carbocycles. The van der Waals surface area contributed by atoms with Crippen LogP contribution in [0.5, 0.6) is 0 Å². The van der Waals surface area contributed by atoms with Gasteiger partial charge in [-0.1, -0.05) is 0 Å². The van der Waals surface area contributed by atoms with E-state index in [1.54, 1.807) is 0 Å². The number of nitrogens with zero attached hydrogens (tertiary/aromatic N) is 4. The molecule has 2 aliphatic heterocycles. The predicted molar refractivity (Wildman–Crippen MR) is 67.9 cm³/mol. The fourth-order valence-electron chi connectivity index (χ4n) is 3.13. The van der Waals surface area contributed by atoms with E-state index in [2.05, 4.69) is 27.2 Å². The topological polar surface area (TPSA) is 29.0 Å². The van der Waals surface area contributed by atoms with Gasteiger partial charge < -0.3 is 9.38 Å². The van der Waals surface area contributed by atoms with Gasteiger partial charge in [0.2, 0.25) is 0 Å². The number of rotatable bonds is 1. The molecule has 2 fully saturated rings. The highest BCUT2D eigenvalue weighted by Gasteiger charge is 2.35. The quantitative estimate of drug-likeness (QED) is 0.683. The zero-order valence-electron chi connectivity index (χ0n) is 10.6. The van der Waals surface area contributed by atoms with Gasteiger partial charge in [0.25, 0.3) is 0 Å². The molecule has 1 aromatic rings. The maximum Gasteiger partial charge on any atom is 0.151 e. The molecule has 0 N–H and O–H groups in total. The third-order valence-corrected chi connectivity index (χ3v) is 4.31. The SMILES string of the molecule is Cc1ccc(N2CC[N+]3(CCCC3)CC2)nn1. The van der Waals surface area contributed by atoms with E-state index in [1.807, 2.05) is 6.92 Å². The van der Waals surface area contributed by atoms with Crippen LogP contribution in [-0.2, 0) is 0 Å². The van der Waals surface area contributed by atoms with Crippen LogP contribution in [-0.4, -0.2) is 53.9 Å². The lowest BCUT2D eigenvalue weighted by Gasteiger charge is -2.42. The Morgan fingerprint density at radius 1 is 1.00 bits per heavy atom. The summed E-state index contributed by atoms with van der Waals surface area (Å²) < 4.78 is 1.36. The summed E-state index contributed by atoms with van der Waals surface area (Å²) in [7, 11) is 0. The van der Waals surface area contributed by atoms with Crippen LogP contribution in [0, 0.1) is 6.92 Å². The lowest BCUT2D eigenvalue weighted by Crippen LogP contribution is -2.58. The fourth-order valence-corrected chi connectivity index (χ4v) is 3.13. The molecule has 2 aliphatic rings. The Labute approximate surface area is 103 Å². The molecule has 0 radical (unpaired) electrons. The van der Waals surface area contributed by atoms with Crippen LogP contribution in [0.2, 0.25) is 0 Å². The van der Waals surface area contributed by atoms with Gasteiger partial charge in [-0.3, -0.25) is 0 Å². The van der Waals surface area contributed by atoms with Gasteiger partial charge in [0, 0.05) is 12.8 Å². The number of hydrogen-bond donors (Lipinski definition) is 0. The van der Waals surface area contributed by atoms with Crippen molar-refractivity contribution in [2.24, 2.45) is 0 Å². The van der Waals surface area contributed by atoms with E-state index in [1.165, 1.54) is 43.5 Å². The normalized spacial score (nSPS) is 23.2. The van der Waals surface area contributed by atoms with E-state index >= 15 is 0 Å². The maximum atomic E-state index is 4.29. The Morgan fingerprint density at radius 3 is 2.29 bits per heavy atom. The average Bonchev–Trinajstić information content (AvgIpc) is 2.80. The zero-order chi connectivity index (χ0) is 11.7. The smallest absolute Gasteiger partial charge is 0.151 e. The van der Waals surface area contributed by atoms with Crippen molar-refractivity contribution in [3.8, 4) is 0 Å². The van der Waals surface area contributed by atoms with Gasteiger partial charge in [0.05, 0.1) is 45.0 Å². The zero-order valence-corrected chi connectivity index (χ0v) is 10.6. The Balaban J connectivity index is 1.66. The molecule has 4 nitrogen and oxygen atoms in total. The molecule has 17 heavy (non-hydrogen) atoms. The van der Waals surface area contributed by atoms with Crippen LogP contribution in [0.1, 0.15) is 18.5 Å². The van der Waals surface area contributed by atoms with E-state index < -0.39 is 0 Å². The van der Waals surface area contributed by atoms with Crippen molar-refractivity contribution in [3.63, 3.8) is 0 Å². The first-order chi connectivity index (χ1) is 8.27. The summed E-state index contributed by atoms with van der Waals surface area (Å²) in [5, 5.41) is 8.43.